The number of furan rings is 1. The van der Waals surface area contributed by atoms with Crippen LogP contribution in [0.3, 0.4) is 0 Å². The lowest BCUT2D eigenvalue weighted by Gasteiger charge is -2.14. The molecular formula is C15H16N2O2S. The predicted octanol–water partition coefficient (Wildman–Crippen LogP) is 2.23. The van der Waals surface area contributed by atoms with Crippen LogP contribution in [-0.2, 0) is 6.54 Å². The molecule has 20 heavy (non-hydrogen) atoms. The number of hydrogen-bond acceptors (Lipinski definition) is 4. The first-order chi connectivity index (χ1) is 9.60. The second kappa shape index (κ2) is 6.42. The summed E-state index contributed by atoms with van der Waals surface area (Å²) >= 11 is 1.55. The Labute approximate surface area is 122 Å². The van der Waals surface area contributed by atoms with Crippen molar-refractivity contribution in [1.82, 2.24) is 4.90 Å². The third-order valence-electron chi connectivity index (χ3n) is 2.68. The van der Waals surface area contributed by atoms with Crippen LogP contribution in [-0.4, -0.2) is 24.4 Å². The van der Waals surface area contributed by atoms with E-state index in [1.54, 1.807) is 35.4 Å². The fraction of sp³-hybridized carbons (Fsp3) is 0.267. The number of carbonyl (C=O) groups is 1. The van der Waals surface area contributed by atoms with E-state index in [0.29, 0.717) is 18.8 Å². The van der Waals surface area contributed by atoms with Gasteiger partial charge < -0.3 is 15.1 Å². The van der Waals surface area contributed by atoms with Gasteiger partial charge in [0.2, 0.25) is 0 Å². The number of carbonyl (C=O) groups excluding carboxylic acids is 1. The van der Waals surface area contributed by atoms with Crippen molar-refractivity contribution in [3.8, 4) is 11.8 Å². The van der Waals surface area contributed by atoms with Gasteiger partial charge in [-0.15, -0.1) is 11.3 Å². The predicted molar refractivity (Wildman–Crippen MR) is 79.5 cm³/mol. The molecule has 0 saturated heterocycles. The molecule has 0 aliphatic carbocycles. The van der Waals surface area contributed by atoms with E-state index in [1.807, 2.05) is 18.4 Å². The molecule has 0 fully saturated rings. The summed E-state index contributed by atoms with van der Waals surface area (Å²) in [7, 11) is 1.75. The average Bonchev–Trinajstić information content (AvgIpc) is 3.04. The van der Waals surface area contributed by atoms with Crippen molar-refractivity contribution in [2.75, 3.05) is 13.6 Å². The third kappa shape index (κ3) is 3.50. The summed E-state index contributed by atoms with van der Waals surface area (Å²) in [5.74, 6) is 6.77. The highest BCUT2D eigenvalue weighted by Crippen LogP contribution is 2.16. The standard InChI is InChI=1S/C15H16N2O2S/c1-11-5-6-14(19-11)15(18)17(2)9-12-8-13(20-10-12)4-3-7-16/h5-6,8,10H,7,9,16H2,1-2H3. The van der Waals surface area contributed by atoms with E-state index in [4.69, 9.17) is 10.2 Å². The van der Waals surface area contributed by atoms with Crippen molar-refractivity contribution in [3.05, 3.63) is 45.5 Å². The molecule has 4 nitrogen and oxygen atoms in total. The maximum Gasteiger partial charge on any atom is 0.289 e. The molecule has 2 heterocycles. The summed E-state index contributed by atoms with van der Waals surface area (Å²) in [5, 5.41) is 2.00. The van der Waals surface area contributed by atoms with Crippen LogP contribution in [0.4, 0.5) is 0 Å². The molecule has 5 heteroatoms. The Bertz CT molecular complexity index is 661. The number of amides is 1. The maximum atomic E-state index is 12.1. The van der Waals surface area contributed by atoms with Gasteiger partial charge >= 0.3 is 0 Å². The Hall–Kier alpha value is -2.03. The molecule has 2 aromatic rings. The zero-order valence-corrected chi connectivity index (χ0v) is 12.3. The number of thiophene rings is 1. The first-order valence-corrected chi connectivity index (χ1v) is 7.06. The van der Waals surface area contributed by atoms with Crippen LogP contribution in [0.25, 0.3) is 0 Å². The highest BCUT2D eigenvalue weighted by atomic mass is 32.1. The molecule has 0 unspecified atom stereocenters. The lowest BCUT2D eigenvalue weighted by Crippen LogP contribution is -2.25. The van der Waals surface area contributed by atoms with Crippen molar-refractivity contribution in [1.29, 1.82) is 0 Å². The Balaban J connectivity index is 2.02. The van der Waals surface area contributed by atoms with E-state index >= 15 is 0 Å². The minimum Gasteiger partial charge on any atom is -0.456 e. The topological polar surface area (TPSA) is 59.5 Å². The summed E-state index contributed by atoms with van der Waals surface area (Å²) in [5.41, 5.74) is 6.39. The van der Waals surface area contributed by atoms with Gasteiger partial charge in [-0.05, 0) is 36.1 Å². The molecule has 0 aliphatic heterocycles. The monoisotopic (exact) mass is 288 g/mol. The summed E-state index contributed by atoms with van der Waals surface area (Å²) < 4.78 is 5.34. The van der Waals surface area contributed by atoms with E-state index in [0.717, 1.165) is 16.2 Å². The van der Waals surface area contributed by atoms with E-state index in [1.165, 1.54) is 0 Å². The lowest BCUT2D eigenvalue weighted by atomic mass is 10.2. The smallest absolute Gasteiger partial charge is 0.289 e. The van der Waals surface area contributed by atoms with Crippen molar-refractivity contribution in [2.24, 2.45) is 5.73 Å². The molecule has 0 saturated carbocycles. The summed E-state index contributed by atoms with van der Waals surface area (Å²) in [6.45, 7) is 2.70. The molecule has 104 valence electrons. The van der Waals surface area contributed by atoms with Crippen molar-refractivity contribution >= 4 is 17.2 Å². The van der Waals surface area contributed by atoms with E-state index in [9.17, 15) is 4.79 Å². The van der Waals surface area contributed by atoms with Gasteiger partial charge in [0.15, 0.2) is 5.76 Å². The Morgan fingerprint density at radius 3 is 2.95 bits per heavy atom. The highest BCUT2D eigenvalue weighted by molar-refractivity contribution is 7.10. The maximum absolute atomic E-state index is 12.1. The first kappa shape index (κ1) is 14.4. The minimum absolute atomic E-state index is 0.126. The van der Waals surface area contributed by atoms with Crippen molar-refractivity contribution in [2.45, 2.75) is 13.5 Å². The number of hydrogen-bond donors (Lipinski definition) is 1. The second-order valence-electron chi connectivity index (χ2n) is 4.40. The van der Waals surface area contributed by atoms with Gasteiger partial charge in [-0.2, -0.15) is 0 Å². The molecule has 2 rings (SSSR count). The van der Waals surface area contributed by atoms with Crippen molar-refractivity contribution < 1.29 is 9.21 Å². The fourth-order valence-electron chi connectivity index (χ4n) is 1.75. The number of rotatable bonds is 3. The minimum atomic E-state index is -0.126. The van der Waals surface area contributed by atoms with Crippen LogP contribution < -0.4 is 5.73 Å². The van der Waals surface area contributed by atoms with Gasteiger partial charge in [0.05, 0.1) is 11.4 Å². The molecule has 1 amide bonds. The quantitative estimate of drug-likeness (QED) is 0.881. The van der Waals surface area contributed by atoms with Gasteiger partial charge in [0, 0.05) is 13.6 Å². The molecule has 2 N–H and O–H groups in total. The third-order valence-corrected chi connectivity index (χ3v) is 3.58. The Morgan fingerprint density at radius 2 is 2.30 bits per heavy atom. The molecule has 2 aromatic heterocycles. The van der Waals surface area contributed by atoms with Crippen LogP contribution in [0.2, 0.25) is 0 Å². The SMILES string of the molecule is Cc1ccc(C(=O)N(C)Cc2csc(C#CCN)c2)o1. The molecule has 0 atom stereocenters. The van der Waals surface area contributed by atoms with Crippen LogP contribution in [0.1, 0.15) is 26.8 Å². The van der Waals surface area contributed by atoms with Crippen molar-refractivity contribution in [3.63, 3.8) is 0 Å². The molecule has 0 aliphatic rings. The van der Waals surface area contributed by atoms with E-state index in [2.05, 4.69) is 11.8 Å². The van der Waals surface area contributed by atoms with Crippen LogP contribution in [0.15, 0.2) is 28.0 Å². The summed E-state index contributed by atoms with van der Waals surface area (Å²) in [6, 6.07) is 5.45. The number of nitrogens with zero attached hydrogens (tertiary/aromatic N) is 1. The van der Waals surface area contributed by atoms with Gasteiger partial charge in [-0.25, -0.2) is 0 Å². The zero-order valence-electron chi connectivity index (χ0n) is 11.5. The number of nitrogens with two attached hydrogens (primary N) is 1. The molecule has 0 spiro atoms. The largest absolute Gasteiger partial charge is 0.456 e. The Kier molecular flexibility index (Phi) is 4.61. The molecule has 0 bridgehead atoms. The van der Waals surface area contributed by atoms with Gasteiger partial charge in [0.1, 0.15) is 5.76 Å². The summed E-state index contributed by atoms with van der Waals surface area (Å²) in [6.07, 6.45) is 0. The summed E-state index contributed by atoms with van der Waals surface area (Å²) in [4.78, 5) is 14.7. The average molecular weight is 288 g/mol. The van der Waals surface area contributed by atoms with Crippen LogP contribution >= 0.6 is 11.3 Å². The van der Waals surface area contributed by atoms with Crippen LogP contribution in [0.5, 0.6) is 0 Å². The Morgan fingerprint density at radius 1 is 1.50 bits per heavy atom. The van der Waals surface area contributed by atoms with E-state index in [-0.39, 0.29) is 5.91 Å². The van der Waals surface area contributed by atoms with Gasteiger partial charge in [-0.3, -0.25) is 4.79 Å². The molecular weight excluding hydrogens is 272 g/mol. The number of aryl methyl sites for hydroxylation is 1. The lowest BCUT2D eigenvalue weighted by molar-refractivity contribution is 0.0752. The molecule has 0 aromatic carbocycles. The van der Waals surface area contributed by atoms with Gasteiger partial charge in [0.25, 0.3) is 5.91 Å². The van der Waals surface area contributed by atoms with E-state index < -0.39 is 0 Å². The van der Waals surface area contributed by atoms with Crippen LogP contribution in [0, 0.1) is 18.8 Å². The zero-order chi connectivity index (χ0) is 14.5. The fourth-order valence-corrected chi connectivity index (χ4v) is 2.52. The molecule has 0 radical (unpaired) electrons. The highest BCUT2D eigenvalue weighted by Gasteiger charge is 2.15. The first-order valence-electron chi connectivity index (χ1n) is 6.18. The van der Waals surface area contributed by atoms with Gasteiger partial charge in [-0.1, -0.05) is 11.8 Å². The second-order valence-corrected chi connectivity index (χ2v) is 5.31. The normalized spacial score (nSPS) is 9.95.